The van der Waals surface area contributed by atoms with Gasteiger partial charge in [0.25, 0.3) is 0 Å². The predicted octanol–water partition coefficient (Wildman–Crippen LogP) is 2.55. The largest absolute Gasteiger partial charge is 0.463 e. The molecule has 18 heavy (non-hydrogen) atoms. The average molecular weight is 245 g/mol. The molecule has 96 valence electrons. The Kier molecular flexibility index (Phi) is 4.15. The van der Waals surface area contributed by atoms with E-state index in [-0.39, 0.29) is 5.97 Å². The first kappa shape index (κ1) is 12.8. The molecule has 0 N–H and O–H groups in total. The van der Waals surface area contributed by atoms with Gasteiger partial charge in [-0.05, 0) is 19.4 Å². The monoisotopic (exact) mass is 245 g/mol. The van der Waals surface area contributed by atoms with E-state index in [1.54, 1.807) is 0 Å². The SMILES string of the molecule is CCOC(=O)/C=C/C1CN1[C@H](C)c1ccccc1. The second-order valence-electron chi connectivity index (χ2n) is 4.46. The fourth-order valence-corrected chi connectivity index (χ4v) is 2.09. The number of rotatable bonds is 5. The minimum absolute atomic E-state index is 0.253. The van der Waals surface area contributed by atoms with Gasteiger partial charge < -0.3 is 4.74 Å². The van der Waals surface area contributed by atoms with Crippen molar-refractivity contribution in [2.45, 2.75) is 25.9 Å². The molecular weight excluding hydrogens is 226 g/mol. The molecule has 1 aliphatic rings. The van der Waals surface area contributed by atoms with E-state index >= 15 is 0 Å². The van der Waals surface area contributed by atoms with E-state index in [1.807, 2.05) is 19.1 Å². The molecular formula is C15H19NO2. The third-order valence-corrected chi connectivity index (χ3v) is 3.21. The molecule has 1 heterocycles. The van der Waals surface area contributed by atoms with Crippen molar-refractivity contribution in [3.63, 3.8) is 0 Å². The van der Waals surface area contributed by atoms with Gasteiger partial charge in [-0.25, -0.2) is 4.79 Å². The van der Waals surface area contributed by atoms with Gasteiger partial charge in [-0.3, -0.25) is 4.90 Å². The highest BCUT2D eigenvalue weighted by Gasteiger charge is 2.36. The maximum Gasteiger partial charge on any atom is 0.330 e. The molecule has 2 unspecified atom stereocenters. The topological polar surface area (TPSA) is 29.3 Å². The first-order valence-corrected chi connectivity index (χ1v) is 6.38. The van der Waals surface area contributed by atoms with Gasteiger partial charge >= 0.3 is 5.97 Å². The number of carbonyl (C=O) groups excluding carboxylic acids is 1. The number of benzene rings is 1. The van der Waals surface area contributed by atoms with Crippen LogP contribution in [0.4, 0.5) is 0 Å². The quantitative estimate of drug-likeness (QED) is 0.453. The molecule has 1 aliphatic heterocycles. The van der Waals surface area contributed by atoms with E-state index in [2.05, 4.69) is 36.1 Å². The van der Waals surface area contributed by atoms with E-state index in [0.29, 0.717) is 18.7 Å². The first-order chi connectivity index (χ1) is 8.72. The Morgan fingerprint density at radius 1 is 1.50 bits per heavy atom. The average Bonchev–Trinajstić information content (AvgIpc) is 3.16. The lowest BCUT2D eigenvalue weighted by Crippen LogP contribution is -2.08. The van der Waals surface area contributed by atoms with Crippen molar-refractivity contribution in [3.05, 3.63) is 48.0 Å². The van der Waals surface area contributed by atoms with Crippen molar-refractivity contribution in [3.8, 4) is 0 Å². The zero-order valence-electron chi connectivity index (χ0n) is 10.9. The summed E-state index contributed by atoms with van der Waals surface area (Å²) in [5.74, 6) is -0.253. The lowest BCUT2D eigenvalue weighted by Gasteiger charge is -2.13. The molecule has 0 amide bonds. The highest BCUT2D eigenvalue weighted by Crippen LogP contribution is 2.32. The maximum absolute atomic E-state index is 11.2. The number of esters is 1. The van der Waals surface area contributed by atoms with E-state index in [0.717, 1.165) is 6.54 Å². The molecule has 0 radical (unpaired) electrons. The Balaban J connectivity index is 1.86. The molecule has 1 saturated heterocycles. The van der Waals surface area contributed by atoms with Crippen molar-refractivity contribution >= 4 is 5.97 Å². The highest BCUT2D eigenvalue weighted by atomic mass is 16.5. The van der Waals surface area contributed by atoms with Crippen LogP contribution in [0.15, 0.2) is 42.5 Å². The van der Waals surface area contributed by atoms with Crippen LogP contribution in [0, 0.1) is 0 Å². The summed E-state index contributed by atoms with van der Waals surface area (Å²) in [5.41, 5.74) is 1.31. The van der Waals surface area contributed by atoms with Crippen LogP contribution in [-0.2, 0) is 9.53 Å². The van der Waals surface area contributed by atoms with E-state index in [4.69, 9.17) is 4.74 Å². The summed E-state index contributed by atoms with van der Waals surface area (Å²) in [7, 11) is 0. The number of hydrogen-bond donors (Lipinski definition) is 0. The van der Waals surface area contributed by atoms with Crippen LogP contribution in [0.25, 0.3) is 0 Å². The van der Waals surface area contributed by atoms with Crippen molar-refractivity contribution in [2.24, 2.45) is 0 Å². The lowest BCUT2D eigenvalue weighted by atomic mass is 10.1. The van der Waals surface area contributed by atoms with Crippen LogP contribution in [0.1, 0.15) is 25.5 Å². The second-order valence-corrected chi connectivity index (χ2v) is 4.46. The lowest BCUT2D eigenvalue weighted by molar-refractivity contribution is -0.137. The van der Waals surface area contributed by atoms with Crippen LogP contribution in [0.3, 0.4) is 0 Å². The van der Waals surface area contributed by atoms with Crippen molar-refractivity contribution in [1.82, 2.24) is 4.90 Å². The standard InChI is InChI=1S/C15H19NO2/c1-3-18-15(17)10-9-14-11-16(14)12(2)13-7-5-4-6-8-13/h4-10,12,14H,3,11H2,1-2H3/b10-9+/t12-,14?,16?/m1/s1. The van der Waals surface area contributed by atoms with E-state index < -0.39 is 0 Å². The molecule has 2 rings (SSSR count). The fourth-order valence-electron chi connectivity index (χ4n) is 2.09. The minimum Gasteiger partial charge on any atom is -0.463 e. The summed E-state index contributed by atoms with van der Waals surface area (Å²) in [5, 5.41) is 0. The van der Waals surface area contributed by atoms with Gasteiger partial charge in [0.05, 0.1) is 6.61 Å². The summed E-state index contributed by atoms with van der Waals surface area (Å²) in [6, 6.07) is 11.2. The van der Waals surface area contributed by atoms with Gasteiger partial charge in [0, 0.05) is 24.7 Å². The van der Waals surface area contributed by atoms with Crippen LogP contribution in [0.2, 0.25) is 0 Å². The van der Waals surface area contributed by atoms with Crippen LogP contribution in [0.5, 0.6) is 0 Å². The Labute approximate surface area is 108 Å². The zero-order chi connectivity index (χ0) is 13.0. The molecule has 3 nitrogen and oxygen atoms in total. The normalized spacial score (nSPS) is 23.9. The third-order valence-electron chi connectivity index (χ3n) is 3.21. The number of ether oxygens (including phenoxy) is 1. The number of hydrogen-bond acceptors (Lipinski definition) is 3. The molecule has 3 atom stereocenters. The Morgan fingerprint density at radius 3 is 2.89 bits per heavy atom. The summed E-state index contributed by atoms with van der Waals surface area (Å²) >= 11 is 0. The molecule has 1 fully saturated rings. The molecule has 0 saturated carbocycles. The van der Waals surface area contributed by atoms with Crippen LogP contribution < -0.4 is 0 Å². The third kappa shape index (κ3) is 3.20. The van der Waals surface area contributed by atoms with Crippen molar-refractivity contribution in [2.75, 3.05) is 13.2 Å². The van der Waals surface area contributed by atoms with Gasteiger partial charge in [-0.2, -0.15) is 0 Å². The van der Waals surface area contributed by atoms with E-state index in [9.17, 15) is 4.79 Å². The van der Waals surface area contributed by atoms with E-state index in [1.165, 1.54) is 11.6 Å². The van der Waals surface area contributed by atoms with Gasteiger partial charge in [-0.1, -0.05) is 36.4 Å². The minimum atomic E-state index is -0.253. The van der Waals surface area contributed by atoms with Crippen LogP contribution in [-0.4, -0.2) is 30.1 Å². The molecule has 0 aromatic heterocycles. The smallest absolute Gasteiger partial charge is 0.330 e. The Bertz CT molecular complexity index is 427. The molecule has 0 spiro atoms. The summed E-state index contributed by atoms with van der Waals surface area (Å²) in [6.07, 6.45) is 3.46. The summed E-state index contributed by atoms with van der Waals surface area (Å²) in [4.78, 5) is 13.5. The molecule has 0 bridgehead atoms. The molecule has 3 heteroatoms. The summed E-state index contributed by atoms with van der Waals surface area (Å²) < 4.78 is 4.86. The fraction of sp³-hybridized carbons (Fsp3) is 0.400. The number of carbonyl (C=O) groups is 1. The van der Waals surface area contributed by atoms with Crippen molar-refractivity contribution < 1.29 is 9.53 Å². The van der Waals surface area contributed by atoms with Gasteiger partial charge in [-0.15, -0.1) is 0 Å². The second kappa shape index (κ2) is 5.83. The first-order valence-electron chi connectivity index (χ1n) is 6.38. The molecule has 1 aromatic rings. The van der Waals surface area contributed by atoms with Crippen molar-refractivity contribution in [1.29, 1.82) is 0 Å². The Hall–Kier alpha value is -1.61. The molecule has 1 aromatic carbocycles. The van der Waals surface area contributed by atoms with Gasteiger partial charge in [0.1, 0.15) is 0 Å². The number of nitrogens with zero attached hydrogens (tertiary/aromatic N) is 1. The Morgan fingerprint density at radius 2 is 2.22 bits per heavy atom. The van der Waals surface area contributed by atoms with Gasteiger partial charge in [0.2, 0.25) is 0 Å². The maximum atomic E-state index is 11.2. The highest BCUT2D eigenvalue weighted by molar-refractivity contribution is 5.82. The summed E-state index contributed by atoms with van der Waals surface area (Å²) in [6.45, 7) is 5.43. The predicted molar refractivity (Wildman–Crippen MR) is 71.1 cm³/mol. The molecule has 0 aliphatic carbocycles. The van der Waals surface area contributed by atoms with Crippen LogP contribution >= 0.6 is 0 Å². The van der Waals surface area contributed by atoms with Gasteiger partial charge in [0.15, 0.2) is 0 Å². The zero-order valence-corrected chi connectivity index (χ0v) is 10.9.